The number of aryl methyl sites for hydroxylation is 1. The number of amides is 2. The first-order valence-electron chi connectivity index (χ1n) is 9.75. The van der Waals surface area contributed by atoms with Gasteiger partial charge in [0.05, 0.1) is 0 Å². The van der Waals surface area contributed by atoms with E-state index >= 15 is 0 Å². The van der Waals surface area contributed by atoms with Crippen LogP contribution in [0, 0.1) is 11.7 Å². The number of carbonyl (C=O) groups excluding carboxylic acids is 2. The first-order chi connectivity index (χ1) is 12.8. The number of hydrogen-bond donors (Lipinski definition) is 1. The van der Waals surface area contributed by atoms with Gasteiger partial charge in [0, 0.05) is 25.6 Å². The van der Waals surface area contributed by atoms with E-state index in [0.717, 1.165) is 18.4 Å². The third-order valence-corrected chi connectivity index (χ3v) is 4.65. The van der Waals surface area contributed by atoms with Crippen molar-refractivity contribution in [3.63, 3.8) is 0 Å². The Morgan fingerprint density at radius 2 is 1.85 bits per heavy atom. The van der Waals surface area contributed by atoms with Gasteiger partial charge in [-0.2, -0.15) is 0 Å². The third-order valence-electron chi connectivity index (χ3n) is 4.65. The second-order valence-electron chi connectivity index (χ2n) is 8.08. The highest BCUT2D eigenvalue weighted by molar-refractivity contribution is 5.79. The van der Waals surface area contributed by atoms with Gasteiger partial charge in [0.25, 0.3) is 0 Å². The zero-order valence-electron chi connectivity index (χ0n) is 16.6. The number of carbonyl (C=O) groups is 2. The highest BCUT2D eigenvalue weighted by atomic mass is 19.1. The maximum atomic E-state index is 13.5. The lowest BCUT2D eigenvalue weighted by atomic mass is 9.96. The zero-order valence-corrected chi connectivity index (χ0v) is 16.6. The minimum atomic E-state index is -0.506. The molecule has 2 amide bonds. The van der Waals surface area contributed by atoms with Crippen molar-refractivity contribution in [1.82, 2.24) is 10.2 Å². The van der Waals surface area contributed by atoms with E-state index in [2.05, 4.69) is 5.32 Å². The molecular formula is C21H31FN2O3. The average molecular weight is 378 g/mol. The molecule has 1 N–H and O–H groups in total. The van der Waals surface area contributed by atoms with Gasteiger partial charge >= 0.3 is 6.09 Å². The summed E-state index contributed by atoms with van der Waals surface area (Å²) in [5, 5.41) is 2.97. The van der Waals surface area contributed by atoms with Crippen LogP contribution in [0.3, 0.4) is 0 Å². The number of piperidine rings is 1. The number of rotatable bonds is 6. The van der Waals surface area contributed by atoms with Crippen molar-refractivity contribution in [3.05, 3.63) is 35.6 Å². The number of nitrogens with one attached hydrogen (secondary N) is 1. The largest absolute Gasteiger partial charge is 0.444 e. The molecule has 0 saturated carbocycles. The van der Waals surface area contributed by atoms with Crippen molar-refractivity contribution in [2.24, 2.45) is 5.92 Å². The van der Waals surface area contributed by atoms with Crippen molar-refractivity contribution in [3.8, 4) is 0 Å². The topological polar surface area (TPSA) is 58.6 Å². The zero-order chi connectivity index (χ0) is 19.9. The number of likely N-dealkylation sites (tertiary alicyclic amines) is 1. The standard InChI is InChI=1S/C21H31FN2O3/c1-21(2,3)27-20(26)24-14-11-17(12-15-24)19(25)23-13-7-6-9-16-8-4-5-10-18(16)22/h4-5,8,10,17H,6-7,9,11-15H2,1-3H3,(H,23,25). The van der Waals surface area contributed by atoms with E-state index in [1.165, 1.54) is 6.07 Å². The van der Waals surface area contributed by atoms with E-state index in [9.17, 15) is 14.0 Å². The molecule has 0 bridgehead atoms. The summed E-state index contributed by atoms with van der Waals surface area (Å²) >= 11 is 0. The second-order valence-corrected chi connectivity index (χ2v) is 8.08. The van der Waals surface area contributed by atoms with E-state index in [1.807, 2.05) is 26.8 Å². The Balaban J connectivity index is 1.62. The molecule has 1 aromatic rings. The lowest BCUT2D eigenvalue weighted by molar-refractivity contribution is -0.126. The van der Waals surface area contributed by atoms with E-state index in [4.69, 9.17) is 4.74 Å². The molecule has 1 heterocycles. The molecule has 1 aliphatic heterocycles. The predicted molar refractivity (Wildman–Crippen MR) is 103 cm³/mol. The molecule has 6 heteroatoms. The molecule has 1 fully saturated rings. The van der Waals surface area contributed by atoms with Crippen LogP contribution in [-0.2, 0) is 16.0 Å². The first kappa shape index (κ1) is 21.2. The maximum absolute atomic E-state index is 13.5. The van der Waals surface area contributed by atoms with Crippen molar-refractivity contribution < 1.29 is 18.7 Å². The monoisotopic (exact) mass is 378 g/mol. The Labute approximate surface area is 161 Å². The Kier molecular flexibility index (Phi) is 7.63. The Morgan fingerprint density at radius 1 is 1.19 bits per heavy atom. The number of benzene rings is 1. The van der Waals surface area contributed by atoms with Gasteiger partial charge in [-0.25, -0.2) is 9.18 Å². The molecule has 2 rings (SSSR count). The summed E-state index contributed by atoms with van der Waals surface area (Å²) in [6.45, 7) is 7.21. The van der Waals surface area contributed by atoms with E-state index < -0.39 is 5.60 Å². The molecule has 0 aromatic heterocycles. The summed E-state index contributed by atoms with van der Waals surface area (Å²) in [6, 6.07) is 6.80. The molecule has 27 heavy (non-hydrogen) atoms. The molecule has 5 nitrogen and oxygen atoms in total. The second kappa shape index (κ2) is 9.72. The van der Waals surface area contributed by atoms with Crippen LogP contribution in [0.4, 0.5) is 9.18 Å². The average Bonchev–Trinajstić information content (AvgIpc) is 2.61. The summed E-state index contributed by atoms with van der Waals surface area (Å²) < 4.78 is 18.9. The van der Waals surface area contributed by atoms with Crippen LogP contribution in [0.1, 0.15) is 52.0 Å². The third kappa shape index (κ3) is 7.19. The summed E-state index contributed by atoms with van der Waals surface area (Å²) in [7, 11) is 0. The fourth-order valence-electron chi connectivity index (χ4n) is 3.15. The Hall–Kier alpha value is -2.11. The van der Waals surface area contributed by atoms with Crippen molar-refractivity contribution in [2.45, 2.75) is 58.5 Å². The molecule has 0 spiro atoms. The van der Waals surface area contributed by atoms with Gasteiger partial charge in [0.15, 0.2) is 0 Å². The molecule has 1 aromatic carbocycles. The highest BCUT2D eigenvalue weighted by Crippen LogP contribution is 2.20. The van der Waals surface area contributed by atoms with Crippen molar-refractivity contribution in [1.29, 1.82) is 0 Å². The highest BCUT2D eigenvalue weighted by Gasteiger charge is 2.29. The molecule has 1 aliphatic rings. The lowest BCUT2D eigenvalue weighted by Crippen LogP contribution is -2.45. The SMILES string of the molecule is CC(C)(C)OC(=O)N1CCC(C(=O)NCCCCc2ccccc2F)CC1. The first-order valence-corrected chi connectivity index (χ1v) is 9.75. The van der Waals surface area contributed by atoms with Crippen LogP contribution >= 0.6 is 0 Å². The van der Waals surface area contributed by atoms with Gasteiger partial charge in [-0.05, 0) is 64.5 Å². The smallest absolute Gasteiger partial charge is 0.410 e. The number of halogens is 1. The fraction of sp³-hybridized carbons (Fsp3) is 0.619. The summed E-state index contributed by atoms with van der Waals surface area (Å²) in [4.78, 5) is 26.0. The molecule has 0 aliphatic carbocycles. The molecule has 0 radical (unpaired) electrons. The summed E-state index contributed by atoms with van der Waals surface area (Å²) in [6.07, 6.45) is 3.32. The van der Waals surface area contributed by atoms with Crippen molar-refractivity contribution >= 4 is 12.0 Å². The van der Waals surface area contributed by atoms with Gasteiger partial charge in [-0.1, -0.05) is 18.2 Å². The number of unbranched alkanes of at least 4 members (excludes halogenated alkanes) is 1. The predicted octanol–water partition coefficient (Wildman–Crippen LogP) is 3.91. The van der Waals surface area contributed by atoms with Crippen LogP contribution < -0.4 is 5.32 Å². The van der Waals surface area contributed by atoms with E-state index in [-0.39, 0.29) is 23.7 Å². The van der Waals surface area contributed by atoms with Crippen LogP contribution in [0.15, 0.2) is 24.3 Å². The minimum absolute atomic E-state index is 0.0460. The molecule has 1 saturated heterocycles. The molecular weight excluding hydrogens is 347 g/mol. The van der Waals surface area contributed by atoms with Gasteiger partial charge in [-0.15, -0.1) is 0 Å². The number of hydrogen-bond acceptors (Lipinski definition) is 3. The fourth-order valence-corrected chi connectivity index (χ4v) is 3.15. The number of nitrogens with zero attached hydrogens (tertiary/aromatic N) is 1. The minimum Gasteiger partial charge on any atom is -0.444 e. The van der Waals surface area contributed by atoms with Gasteiger partial charge < -0.3 is 15.0 Å². The van der Waals surface area contributed by atoms with E-state index in [1.54, 1.807) is 17.0 Å². The molecule has 150 valence electrons. The van der Waals surface area contributed by atoms with Crippen LogP contribution in [0.5, 0.6) is 0 Å². The Bertz CT molecular complexity index is 635. The normalized spacial score (nSPS) is 15.5. The van der Waals surface area contributed by atoms with Crippen LogP contribution in [-0.4, -0.2) is 42.1 Å². The summed E-state index contributed by atoms with van der Waals surface area (Å²) in [5.74, 6) is -0.182. The maximum Gasteiger partial charge on any atom is 0.410 e. The van der Waals surface area contributed by atoms with Gasteiger partial charge in [0.2, 0.25) is 5.91 Å². The number of ether oxygens (including phenoxy) is 1. The molecule has 0 atom stereocenters. The lowest BCUT2D eigenvalue weighted by Gasteiger charge is -2.32. The van der Waals surface area contributed by atoms with Gasteiger partial charge in [0.1, 0.15) is 11.4 Å². The Morgan fingerprint density at radius 3 is 2.48 bits per heavy atom. The van der Waals surface area contributed by atoms with Crippen LogP contribution in [0.2, 0.25) is 0 Å². The summed E-state index contributed by atoms with van der Waals surface area (Å²) in [5.41, 5.74) is 0.215. The van der Waals surface area contributed by atoms with Crippen molar-refractivity contribution in [2.75, 3.05) is 19.6 Å². The quantitative estimate of drug-likeness (QED) is 0.764. The van der Waals surface area contributed by atoms with Crippen LogP contribution in [0.25, 0.3) is 0 Å². The van der Waals surface area contributed by atoms with E-state index in [0.29, 0.717) is 38.9 Å². The van der Waals surface area contributed by atoms with Gasteiger partial charge in [-0.3, -0.25) is 4.79 Å². The molecule has 0 unspecified atom stereocenters.